The second-order valence-corrected chi connectivity index (χ2v) is 8.18. The second kappa shape index (κ2) is 7.46. The number of piperazine rings is 1. The Balaban J connectivity index is 2.08. The Morgan fingerprint density at radius 1 is 1.33 bits per heavy atom. The van der Waals surface area contributed by atoms with Crippen LogP contribution in [0.4, 0.5) is 9.93 Å². The number of hydrogen-bond donors (Lipinski definition) is 1. The summed E-state index contributed by atoms with van der Waals surface area (Å²) in [6, 6.07) is -0.659. The van der Waals surface area contributed by atoms with Crippen LogP contribution in [0.1, 0.15) is 52.0 Å². The van der Waals surface area contributed by atoms with E-state index in [0.29, 0.717) is 24.6 Å². The number of nitrogens with zero attached hydrogens (tertiary/aromatic N) is 4. The minimum Gasteiger partial charge on any atom is -0.342 e. The molecule has 1 fully saturated rings. The van der Waals surface area contributed by atoms with Gasteiger partial charge in [0.15, 0.2) is 0 Å². The van der Waals surface area contributed by atoms with Crippen molar-refractivity contribution in [3.05, 3.63) is 5.01 Å². The number of carbonyl (C=O) groups excluding carboxylic acids is 2. The van der Waals surface area contributed by atoms with Gasteiger partial charge in [0.2, 0.25) is 11.0 Å². The zero-order valence-corrected chi connectivity index (χ0v) is 15.9. The Hall–Kier alpha value is -1.70. The molecule has 1 aliphatic heterocycles. The van der Waals surface area contributed by atoms with E-state index >= 15 is 0 Å². The predicted octanol–water partition coefficient (Wildman–Crippen LogP) is 2.70. The van der Waals surface area contributed by atoms with E-state index in [1.807, 2.05) is 0 Å². The molecule has 7 nitrogen and oxygen atoms in total. The third kappa shape index (κ3) is 4.23. The topological polar surface area (TPSA) is 78.4 Å². The van der Waals surface area contributed by atoms with E-state index in [-0.39, 0.29) is 17.4 Å². The summed E-state index contributed by atoms with van der Waals surface area (Å²) in [5.41, 5.74) is -0.103. The van der Waals surface area contributed by atoms with Crippen LogP contribution in [0.15, 0.2) is 0 Å². The van der Waals surface area contributed by atoms with E-state index in [1.54, 1.807) is 16.8 Å². The van der Waals surface area contributed by atoms with Gasteiger partial charge in [-0.15, -0.1) is 10.2 Å². The molecule has 24 heavy (non-hydrogen) atoms. The molecule has 2 rings (SSSR count). The smallest absolute Gasteiger partial charge is 0.324 e. The third-order valence-electron chi connectivity index (χ3n) is 4.09. The van der Waals surface area contributed by atoms with Crippen molar-refractivity contribution in [3.63, 3.8) is 0 Å². The van der Waals surface area contributed by atoms with Gasteiger partial charge in [0, 0.05) is 25.6 Å². The maximum absolute atomic E-state index is 12.6. The average Bonchev–Trinajstić information content (AvgIpc) is 2.97. The third-order valence-corrected chi connectivity index (χ3v) is 5.35. The van der Waals surface area contributed by atoms with Gasteiger partial charge in [-0.1, -0.05) is 51.9 Å². The Labute approximate surface area is 147 Å². The summed E-state index contributed by atoms with van der Waals surface area (Å²) in [5.74, 6) is 0.0116. The summed E-state index contributed by atoms with van der Waals surface area (Å²) < 4.78 is 0. The van der Waals surface area contributed by atoms with Gasteiger partial charge in [0.25, 0.3) is 0 Å². The fourth-order valence-corrected chi connectivity index (χ4v) is 3.36. The standard InChI is InChI=1S/C16H27N5O2S/c1-6-7-8-11-12(22)20(5)9-10-21(11)15(23)17-14-19-18-13(24-14)16(2,3)4/h11H,6-10H2,1-5H3,(H,17,19,23)/t11-/m1/s1. The highest BCUT2D eigenvalue weighted by molar-refractivity contribution is 7.15. The van der Waals surface area contributed by atoms with Crippen LogP contribution in [0.3, 0.4) is 0 Å². The summed E-state index contributed by atoms with van der Waals surface area (Å²) in [6.07, 6.45) is 2.60. The number of carbonyl (C=O) groups is 2. The number of hydrogen-bond acceptors (Lipinski definition) is 5. The van der Waals surface area contributed by atoms with Gasteiger partial charge < -0.3 is 9.80 Å². The quantitative estimate of drug-likeness (QED) is 0.903. The number of likely N-dealkylation sites (N-methyl/N-ethyl adjacent to an activating group) is 1. The molecular weight excluding hydrogens is 326 g/mol. The Bertz CT molecular complexity index is 596. The van der Waals surface area contributed by atoms with Crippen LogP contribution < -0.4 is 5.32 Å². The molecule has 134 valence electrons. The molecule has 1 aromatic rings. The first-order chi connectivity index (χ1) is 11.2. The van der Waals surface area contributed by atoms with Crippen LogP contribution in [-0.2, 0) is 10.2 Å². The molecule has 3 amide bonds. The first-order valence-corrected chi connectivity index (χ1v) is 9.22. The molecule has 1 atom stereocenters. The Kier molecular flexibility index (Phi) is 5.79. The fraction of sp³-hybridized carbons (Fsp3) is 0.750. The Morgan fingerprint density at radius 3 is 2.62 bits per heavy atom. The van der Waals surface area contributed by atoms with Crippen LogP contribution in [0.25, 0.3) is 0 Å². The first-order valence-electron chi connectivity index (χ1n) is 8.40. The van der Waals surface area contributed by atoms with Crippen molar-refractivity contribution < 1.29 is 9.59 Å². The molecule has 0 spiro atoms. The van der Waals surface area contributed by atoms with E-state index in [1.165, 1.54) is 11.3 Å². The molecule has 0 bridgehead atoms. The van der Waals surface area contributed by atoms with Gasteiger partial charge in [-0.05, 0) is 6.42 Å². The number of urea groups is 1. The normalized spacial score (nSPS) is 18.9. The van der Waals surface area contributed by atoms with Gasteiger partial charge in [-0.3, -0.25) is 10.1 Å². The number of anilines is 1. The lowest BCUT2D eigenvalue weighted by Crippen LogP contribution is -2.58. The molecule has 1 aromatic heterocycles. The molecule has 0 unspecified atom stereocenters. The second-order valence-electron chi connectivity index (χ2n) is 7.20. The lowest BCUT2D eigenvalue weighted by atomic mass is 9.98. The summed E-state index contributed by atoms with van der Waals surface area (Å²) in [4.78, 5) is 28.4. The lowest BCUT2D eigenvalue weighted by molar-refractivity contribution is -0.138. The van der Waals surface area contributed by atoms with Gasteiger partial charge in [-0.2, -0.15) is 0 Å². The van der Waals surface area contributed by atoms with Crippen molar-refractivity contribution in [2.45, 2.75) is 58.4 Å². The lowest BCUT2D eigenvalue weighted by Gasteiger charge is -2.38. The van der Waals surface area contributed by atoms with Crippen molar-refractivity contribution in [2.75, 3.05) is 25.5 Å². The zero-order chi connectivity index (χ0) is 17.9. The van der Waals surface area contributed by atoms with E-state index in [9.17, 15) is 9.59 Å². The average molecular weight is 353 g/mol. The van der Waals surface area contributed by atoms with E-state index in [0.717, 1.165) is 17.8 Å². The molecule has 0 aromatic carbocycles. The van der Waals surface area contributed by atoms with Gasteiger partial charge in [0.05, 0.1) is 0 Å². The molecule has 8 heteroatoms. The summed E-state index contributed by atoms with van der Waals surface area (Å²) in [5, 5.41) is 12.3. The summed E-state index contributed by atoms with van der Waals surface area (Å²) in [7, 11) is 1.79. The maximum atomic E-state index is 12.6. The highest BCUT2D eigenvalue weighted by Gasteiger charge is 2.35. The molecule has 0 aliphatic carbocycles. The highest BCUT2D eigenvalue weighted by atomic mass is 32.1. The van der Waals surface area contributed by atoms with Crippen molar-refractivity contribution >= 4 is 28.4 Å². The molecule has 2 heterocycles. The highest BCUT2D eigenvalue weighted by Crippen LogP contribution is 2.28. The first kappa shape index (κ1) is 18.6. The van der Waals surface area contributed by atoms with Crippen LogP contribution in [-0.4, -0.2) is 58.1 Å². The van der Waals surface area contributed by atoms with Crippen LogP contribution in [0, 0.1) is 0 Å². The van der Waals surface area contributed by atoms with Crippen LogP contribution in [0.5, 0.6) is 0 Å². The monoisotopic (exact) mass is 353 g/mol. The van der Waals surface area contributed by atoms with E-state index in [2.05, 4.69) is 43.2 Å². The number of rotatable bonds is 4. The molecule has 1 N–H and O–H groups in total. The molecule has 0 saturated carbocycles. The predicted molar refractivity (Wildman–Crippen MR) is 95.3 cm³/mol. The molecule has 1 saturated heterocycles. The summed E-state index contributed by atoms with van der Waals surface area (Å²) >= 11 is 1.38. The van der Waals surface area contributed by atoms with Crippen molar-refractivity contribution in [3.8, 4) is 0 Å². The van der Waals surface area contributed by atoms with Gasteiger partial charge in [0.1, 0.15) is 11.0 Å². The largest absolute Gasteiger partial charge is 0.342 e. The fourth-order valence-electron chi connectivity index (χ4n) is 2.57. The van der Waals surface area contributed by atoms with Crippen molar-refractivity contribution in [2.24, 2.45) is 0 Å². The molecule has 1 aliphatic rings. The van der Waals surface area contributed by atoms with Gasteiger partial charge in [-0.25, -0.2) is 4.79 Å². The molecular formula is C16H27N5O2S. The van der Waals surface area contributed by atoms with Crippen LogP contribution >= 0.6 is 11.3 Å². The SMILES string of the molecule is CCCC[C@@H]1C(=O)N(C)CCN1C(=O)Nc1nnc(C(C)(C)C)s1. The minimum atomic E-state index is -0.390. The number of amides is 3. The molecule has 0 radical (unpaired) electrons. The van der Waals surface area contributed by atoms with Crippen molar-refractivity contribution in [1.29, 1.82) is 0 Å². The van der Waals surface area contributed by atoms with Crippen LogP contribution in [0.2, 0.25) is 0 Å². The Morgan fingerprint density at radius 2 is 2.04 bits per heavy atom. The van der Waals surface area contributed by atoms with Gasteiger partial charge >= 0.3 is 6.03 Å². The number of nitrogens with one attached hydrogen (secondary N) is 1. The van der Waals surface area contributed by atoms with E-state index in [4.69, 9.17) is 0 Å². The maximum Gasteiger partial charge on any atom is 0.324 e. The number of aromatic nitrogens is 2. The van der Waals surface area contributed by atoms with E-state index < -0.39 is 6.04 Å². The number of unbranched alkanes of at least 4 members (excludes halogenated alkanes) is 1. The minimum absolute atomic E-state index is 0.0116. The summed E-state index contributed by atoms with van der Waals surface area (Å²) in [6.45, 7) is 9.33. The van der Waals surface area contributed by atoms with Crippen molar-refractivity contribution in [1.82, 2.24) is 20.0 Å². The zero-order valence-electron chi connectivity index (χ0n) is 15.1.